The maximum Gasteiger partial charge on any atom is 0.0883 e. The Bertz CT molecular complexity index is 510. The van der Waals surface area contributed by atoms with Crippen LogP contribution in [0.1, 0.15) is 17.2 Å². The second kappa shape index (κ2) is 5.94. The third-order valence-electron chi connectivity index (χ3n) is 2.72. The Morgan fingerprint density at radius 2 is 1.89 bits per heavy atom. The number of thioether (sulfide) groups is 1. The van der Waals surface area contributed by atoms with Crippen molar-refractivity contribution in [1.29, 1.82) is 0 Å². The number of benzene rings is 2. The summed E-state index contributed by atoms with van der Waals surface area (Å²) in [4.78, 5) is 1.18. The van der Waals surface area contributed by atoms with Gasteiger partial charge >= 0.3 is 0 Å². The van der Waals surface area contributed by atoms with Crippen LogP contribution < -0.4 is 5.73 Å². The van der Waals surface area contributed by atoms with Gasteiger partial charge in [-0.05, 0) is 36.8 Å². The minimum Gasteiger partial charge on any atom is -0.399 e. The number of hydrogen-bond acceptors (Lipinski definition) is 3. The Morgan fingerprint density at radius 3 is 2.56 bits per heavy atom. The van der Waals surface area contributed by atoms with Gasteiger partial charge in [0.15, 0.2) is 0 Å². The van der Waals surface area contributed by atoms with Crippen LogP contribution in [0.2, 0.25) is 0 Å². The van der Waals surface area contributed by atoms with Gasteiger partial charge in [0, 0.05) is 16.3 Å². The van der Waals surface area contributed by atoms with Crippen molar-refractivity contribution in [3.63, 3.8) is 0 Å². The summed E-state index contributed by atoms with van der Waals surface area (Å²) >= 11 is 1.66. The summed E-state index contributed by atoms with van der Waals surface area (Å²) in [5.41, 5.74) is 8.49. The van der Waals surface area contributed by atoms with Gasteiger partial charge in [-0.1, -0.05) is 29.8 Å². The molecule has 0 aliphatic heterocycles. The number of rotatable bonds is 4. The van der Waals surface area contributed by atoms with Crippen LogP contribution in [0.25, 0.3) is 0 Å². The Labute approximate surface area is 112 Å². The molecule has 1 atom stereocenters. The van der Waals surface area contributed by atoms with E-state index in [2.05, 4.69) is 25.1 Å². The summed E-state index contributed by atoms with van der Waals surface area (Å²) in [6.07, 6.45) is -0.462. The number of aryl methyl sites for hydroxylation is 1. The molecule has 18 heavy (non-hydrogen) atoms. The molecule has 0 saturated carbocycles. The Balaban J connectivity index is 1.96. The molecule has 0 heterocycles. The van der Waals surface area contributed by atoms with Crippen LogP contribution in [0.3, 0.4) is 0 Å². The monoisotopic (exact) mass is 259 g/mol. The molecule has 3 heteroatoms. The van der Waals surface area contributed by atoms with E-state index in [1.165, 1.54) is 10.5 Å². The van der Waals surface area contributed by atoms with Gasteiger partial charge < -0.3 is 10.8 Å². The lowest BCUT2D eigenvalue weighted by Crippen LogP contribution is -2.00. The first-order valence-electron chi connectivity index (χ1n) is 5.88. The van der Waals surface area contributed by atoms with Crippen LogP contribution in [0, 0.1) is 6.92 Å². The first-order valence-corrected chi connectivity index (χ1v) is 6.86. The largest absolute Gasteiger partial charge is 0.399 e. The van der Waals surface area contributed by atoms with Gasteiger partial charge in [-0.15, -0.1) is 11.8 Å². The number of nitrogen functional groups attached to an aromatic ring is 1. The summed E-state index contributed by atoms with van der Waals surface area (Å²) in [5.74, 6) is 0.646. The van der Waals surface area contributed by atoms with E-state index in [4.69, 9.17) is 5.73 Å². The molecule has 2 rings (SSSR count). The zero-order valence-electron chi connectivity index (χ0n) is 10.3. The lowest BCUT2D eigenvalue weighted by atomic mass is 10.1. The van der Waals surface area contributed by atoms with Crippen molar-refractivity contribution in [2.45, 2.75) is 17.9 Å². The fraction of sp³-hybridized carbons (Fsp3) is 0.200. The molecule has 0 radical (unpaired) electrons. The average Bonchev–Trinajstić information content (AvgIpc) is 2.37. The molecule has 0 aromatic heterocycles. The molecule has 1 unspecified atom stereocenters. The van der Waals surface area contributed by atoms with E-state index in [-0.39, 0.29) is 0 Å². The molecule has 0 amide bonds. The molecule has 0 spiro atoms. The molecular formula is C15H17NOS. The summed E-state index contributed by atoms with van der Waals surface area (Å²) in [7, 11) is 0. The van der Waals surface area contributed by atoms with Gasteiger partial charge in [0.2, 0.25) is 0 Å². The third kappa shape index (κ3) is 3.52. The van der Waals surface area contributed by atoms with E-state index in [1.807, 2.05) is 30.3 Å². The summed E-state index contributed by atoms with van der Waals surface area (Å²) in [5, 5.41) is 10.1. The standard InChI is InChI=1S/C15H17NOS/c1-11-3-2-4-14(9-11)18-10-15(17)12-5-7-13(16)8-6-12/h2-9,15,17H,10,16H2,1H3. The molecule has 2 nitrogen and oxygen atoms in total. The average molecular weight is 259 g/mol. The van der Waals surface area contributed by atoms with Crippen molar-refractivity contribution in [3.8, 4) is 0 Å². The van der Waals surface area contributed by atoms with Gasteiger partial charge in [0.05, 0.1) is 6.10 Å². The SMILES string of the molecule is Cc1cccc(SCC(O)c2ccc(N)cc2)c1. The first-order chi connectivity index (χ1) is 8.65. The third-order valence-corrected chi connectivity index (χ3v) is 3.79. The van der Waals surface area contributed by atoms with Crippen molar-refractivity contribution in [2.24, 2.45) is 0 Å². The van der Waals surface area contributed by atoms with Crippen LogP contribution in [-0.2, 0) is 0 Å². The lowest BCUT2D eigenvalue weighted by molar-refractivity contribution is 0.204. The molecule has 0 fully saturated rings. The number of hydrogen-bond donors (Lipinski definition) is 2. The Morgan fingerprint density at radius 1 is 1.17 bits per heavy atom. The minimum atomic E-state index is -0.462. The molecule has 0 saturated heterocycles. The molecule has 0 aliphatic carbocycles. The second-order valence-corrected chi connectivity index (χ2v) is 5.40. The van der Waals surface area contributed by atoms with Gasteiger partial charge in [-0.3, -0.25) is 0 Å². The maximum atomic E-state index is 10.1. The van der Waals surface area contributed by atoms with E-state index in [1.54, 1.807) is 11.8 Å². The second-order valence-electron chi connectivity index (χ2n) is 4.31. The number of nitrogens with two attached hydrogens (primary N) is 1. The van der Waals surface area contributed by atoms with Crippen LogP contribution >= 0.6 is 11.8 Å². The van der Waals surface area contributed by atoms with Crippen molar-refractivity contribution in [3.05, 3.63) is 59.7 Å². The zero-order valence-corrected chi connectivity index (χ0v) is 11.2. The Kier molecular flexibility index (Phi) is 4.28. The topological polar surface area (TPSA) is 46.2 Å². The molecule has 3 N–H and O–H groups in total. The highest BCUT2D eigenvalue weighted by atomic mass is 32.2. The fourth-order valence-corrected chi connectivity index (χ4v) is 2.68. The maximum absolute atomic E-state index is 10.1. The molecule has 0 aliphatic rings. The highest BCUT2D eigenvalue weighted by Gasteiger charge is 2.07. The Hall–Kier alpha value is -1.45. The van der Waals surface area contributed by atoms with Crippen molar-refractivity contribution in [1.82, 2.24) is 0 Å². The van der Waals surface area contributed by atoms with Crippen molar-refractivity contribution < 1.29 is 5.11 Å². The van der Waals surface area contributed by atoms with E-state index in [9.17, 15) is 5.11 Å². The van der Waals surface area contributed by atoms with E-state index < -0.39 is 6.10 Å². The van der Waals surface area contributed by atoms with E-state index in [0.717, 1.165) is 11.3 Å². The summed E-state index contributed by atoms with van der Waals surface area (Å²) < 4.78 is 0. The fourth-order valence-electron chi connectivity index (χ4n) is 1.69. The molecular weight excluding hydrogens is 242 g/mol. The number of anilines is 1. The first kappa shape index (κ1) is 13.0. The predicted octanol–water partition coefficient (Wildman–Crippen LogP) is 3.40. The zero-order chi connectivity index (χ0) is 13.0. The van der Waals surface area contributed by atoms with Gasteiger partial charge in [0.25, 0.3) is 0 Å². The normalized spacial score (nSPS) is 12.3. The summed E-state index contributed by atoms with van der Waals surface area (Å²) in [6, 6.07) is 15.7. The smallest absolute Gasteiger partial charge is 0.0883 e. The summed E-state index contributed by atoms with van der Waals surface area (Å²) in [6.45, 7) is 2.07. The minimum absolute atomic E-state index is 0.462. The lowest BCUT2D eigenvalue weighted by Gasteiger charge is -2.11. The van der Waals surface area contributed by atoms with Gasteiger partial charge in [-0.2, -0.15) is 0 Å². The van der Waals surface area contributed by atoms with Gasteiger partial charge in [0.1, 0.15) is 0 Å². The van der Waals surface area contributed by atoms with Crippen LogP contribution in [0.15, 0.2) is 53.4 Å². The number of aliphatic hydroxyl groups is 1. The molecule has 2 aromatic carbocycles. The van der Waals surface area contributed by atoms with Crippen LogP contribution in [0.5, 0.6) is 0 Å². The van der Waals surface area contributed by atoms with Crippen LogP contribution in [0.4, 0.5) is 5.69 Å². The highest BCUT2D eigenvalue weighted by molar-refractivity contribution is 7.99. The quantitative estimate of drug-likeness (QED) is 0.653. The van der Waals surface area contributed by atoms with Crippen molar-refractivity contribution in [2.75, 3.05) is 11.5 Å². The number of aliphatic hydroxyl groups excluding tert-OH is 1. The molecule has 94 valence electrons. The van der Waals surface area contributed by atoms with E-state index >= 15 is 0 Å². The van der Waals surface area contributed by atoms with Crippen LogP contribution in [-0.4, -0.2) is 10.9 Å². The van der Waals surface area contributed by atoms with E-state index in [0.29, 0.717) is 5.75 Å². The predicted molar refractivity (Wildman–Crippen MR) is 77.7 cm³/mol. The van der Waals surface area contributed by atoms with Crippen molar-refractivity contribution >= 4 is 17.4 Å². The van der Waals surface area contributed by atoms with Gasteiger partial charge in [-0.25, -0.2) is 0 Å². The molecule has 0 bridgehead atoms. The highest BCUT2D eigenvalue weighted by Crippen LogP contribution is 2.25. The molecule has 2 aromatic rings.